The number of rotatable bonds is 28. The van der Waals surface area contributed by atoms with Gasteiger partial charge in [0.15, 0.2) is 0 Å². The van der Waals surface area contributed by atoms with Crippen molar-refractivity contribution in [1.82, 2.24) is 52.1 Å². The highest BCUT2D eigenvalue weighted by molar-refractivity contribution is 9.10. The lowest BCUT2D eigenvalue weighted by atomic mass is 9.89. The van der Waals surface area contributed by atoms with Gasteiger partial charge in [-0.15, -0.1) is 6.58 Å². The number of fused-ring (bicyclic) bond motifs is 2. The van der Waals surface area contributed by atoms with Gasteiger partial charge < -0.3 is 54.7 Å². The summed E-state index contributed by atoms with van der Waals surface area (Å²) in [6.45, 7) is 21.5. The van der Waals surface area contributed by atoms with Crippen LogP contribution >= 0.6 is 85.5 Å². The van der Waals surface area contributed by atoms with Gasteiger partial charge in [-0.2, -0.15) is 0 Å². The Bertz CT molecular complexity index is 3820. The summed E-state index contributed by atoms with van der Waals surface area (Å²) in [5.41, 5.74) is 3.24. The molecule has 628 valence electrons. The molecule has 4 amide bonds. The molecule has 2 aliphatic heterocycles. The molecule has 2 unspecified atom stereocenters. The second kappa shape index (κ2) is 45.3. The summed E-state index contributed by atoms with van der Waals surface area (Å²) in [6.07, 6.45) is -1.18. The molecule has 0 radical (unpaired) electrons. The monoisotopic (exact) mass is 1770 g/mol. The second-order valence-corrected chi connectivity index (χ2v) is 35.2. The maximum Gasteiger partial charge on any atom is 0.408 e. The lowest BCUT2D eigenvalue weighted by molar-refractivity contribution is -0.172. The Morgan fingerprint density at radius 1 is 0.607 bits per heavy atom. The van der Waals surface area contributed by atoms with Crippen LogP contribution in [-0.2, 0) is 52.5 Å². The van der Waals surface area contributed by atoms with Crippen molar-refractivity contribution >= 4 is 161 Å². The minimum Gasteiger partial charge on any atom is -0.480 e. The Morgan fingerprint density at radius 3 is 1.38 bits per heavy atom. The van der Waals surface area contributed by atoms with Crippen molar-refractivity contribution in [3.8, 4) is 0 Å². The maximum absolute atomic E-state index is 14.6. The van der Waals surface area contributed by atoms with Gasteiger partial charge in [0.1, 0.15) is 92.6 Å². The summed E-state index contributed by atoms with van der Waals surface area (Å²) >= 11 is 37.0. The average molecular weight is 1770 g/mol. The molecule has 6 rings (SSSR count). The van der Waals surface area contributed by atoms with E-state index >= 15 is 0 Å². The highest BCUT2D eigenvalue weighted by Gasteiger charge is 2.43. The summed E-state index contributed by atoms with van der Waals surface area (Å²) in [4.78, 5) is 107. The number of nitrogens with one attached hydrogen (secondary N) is 6. The first-order valence-electron chi connectivity index (χ1n) is 35.5. The molecule has 2 aromatic heterocycles. The third kappa shape index (κ3) is 33.5. The van der Waals surface area contributed by atoms with Crippen LogP contribution in [0.15, 0.2) is 83.9 Å². The van der Waals surface area contributed by atoms with Crippen molar-refractivity contribution in [2.75, 3.05) is 53.0 Å². The molecule has 0 spiro atoms. The number of aliphatic hydroxyl groups excluding tert-OH is 3. The first-order valence-corrected chi connectivity index (χ1v) is 38.6. The van der Waals surface area contributed by atoms with E-state index in [0.717, 1.165) is 38.6 Å². The lowest BCUT2D eigenvalue weighted by Gasteiger charge is -2.36. The number of hydrazine groups is 2. The number of esters is 3. The van der Waals surface area contributed by atoms with Crippen LogP contribution in [0.25, 0.3) is 27.9 Å². The number of alkyl carbamates (subject to hydrolysis) is 2. The number of carbonyl (C=O) groups is 8. The predicted molar refractivity (Wildman–Crippen MR) is 423 cm³/mol. The van der Waals surface area contributed by atoms with Crippen LogP contribution in [0.4, 0.5) is 27.2 Å². The minimum atomic E-state index is -2.35. The number of aliphatic carboxylic acids is 1. The highest BCUT2D eigenvalue weighted by Crippen LogP contribution is 2.31. The molecule has 4 heterocycles. The van der Waals surface area contributed by atoms with E-state index in [1.54, 1.807) is 86.6 Å². The molecule has 2 fully saturated rings. The number of benzene rings is 2. The molecule has 27 nitrogen and oxygen atoms in total. The van der Waals surface area contributed by atoms with Crippen molar-refractivity contribution in [3.05, 3.63) is 101 Å². The molecule has 38 heteroatoms. The van der Waals surface area contributed by atoms with Gasteiger partial charge in [-0.05, 0) is 143 Å². The van der Waals surface area contributed by atoms with Crippen LogP contribution in [0.1, 0.15) is 152 Å². The molecule has 112 heavy (non-hydrogen) atoms. The van der Waals surface area contributed by atoms with Gasteiger partial charge in [0.05, 0.1) is 52.7 Å². The number of nitrogens with zero attached hydrogens (tertiary/aromatic N) is 4. The number of halogens is 11. The number of carboxylic acid groups (broad SMARTS) is 1. The molecule has 0 bridgehead atoms. The Balaban J connectivity index is 0.000000465. The van der Waals surface area contributed by atoms with E-state index in [1.165, 1.54) is 23.0 Å². The Labute approximate surface area is 687 Å². The summed E-state index contributed by atoms with van der Waals surface area (Å²) < 4.78 is 76.5. The number of carbonyl (C=O) groups excluding carboxylic acids is 7. The third-order valence-corrected chi connectivity index (χ3v) is 17.7. The van der Waals surface area contributed by atoms with E-state index in [-0.39, 0.29) is 31.0 Å². The number of aliphatic hydroxyl groups is 3. The number of ether oxygens (including phenoxy) is 5. The number of hydrogen-bond donors (Lipinski definition) is 10. The van der Waals surface area contributed by atoms with E-state index < -0.39 is 166 Å². The number of amides is 4. The van der Waals surface area contributed by atoms with Crippen molar-refractivity contribution < 1.29 is 100 Å². The zero-order valence-corrected chi connectivity index (χ0v) is 70.8. The van der Waals surface area contributed by atoms with E-state index in [0.29, 0.717) is 49.0 Å². The van der Waals surface area contributed by atoms with Crippen LogP contribution in [0, 0.1) is 22.7 Å². The zero-order valence-electron chi connectivity index (χ0n) is 64.7. The van der Waals surface area contributed by atoms with Crippen LogP contribution in [0.5, 0.6) is 0 Å². The number of pyridine rings is 2. The second-order valence-electron chi connectivity index (χ2n) is 29.3. The molecule has 4 aromatic rings. The fourth-order valence-corrected chi connectivity index (χ4v) is 10.8. The molecule has 10 atom stereocenters. The van der Waals surface area contributed by atoms with E-state index in [1.807, 2.05) is 64.1 Å². The number of alkyl halides is 10. The van der Waals surface area contributed by atoms with E-state index in [9.17, 15) is 71.2 Å². The number of hydrogen-bond acceptors (Lipinski definition) is 22. The fourth-order valence-electron chi connectivity index (χ4n) is 10.1. The van der Waals surface area contributed by atoms with Gasteiger partial charge >= 0.3 is 36.1 Å². The van der Waals surface area contributed by atoms with Crippen LogP contribution < -0.4 is 32.1 Å². The normalized spacial score (nSPS) is 17.3. The smallest absolute Gasteiger partial charge is 0.408 e. The van der Waals surface area contributed by atoms with Gasteiger partial charge in [-0.3, -0.25) is 59.4 Å². The van der Waals surface area contributed by atoms with Crippen molar-refractivity contribution in [3.63, 3.8) is 0 Å². The van der Waals surface area contributed by atoms with Gasteiger partial charge in [0, 0.05) is 28.3 Å². The van der Waals surface area contributed by atoms with Gasteiger partial charge in [0.25, 0.3) is 11.8 Å². The minimum absolute atomic E-state index is 0.176. The fraction of sp³-hybridized carbons (Fsp3) is 0.595. The van der Waals surface area contributed by atoms with Crippen molar-refractivity contribution in [2.45, 2.75) is 202 Å². The van der Waals surface area contributed by atoms with Gasteiger partial charge in [0.2, 0.25) is 7.59 Å². The van der Waals surface area contributed by atoms with E-state index in [4.69, 9.17) is 98.4 Å². The lowest BCUT2D eigenvalue weighted by Crippen LogP contribution is -2.61. The van der Waals surface area contributed by atoms with E-state index in [2.05, 4.69) is 64.6 Å². The summed E-state index contributed by atoms with van der Waals surface area (Å²) in [5.74, 6) is -5.79. The average Bonchev–Trinajstić information content (AvgIpc) is 0.812. The largest absolute Gasteiger partial charge is 0.480 e. The van der Waals surface area contributed by atoms with Crippen LogP contribution in [0.3, 0.4) is 0 Å². The van der Waals surface area contributed by atoms with Crippen molar-refractivity contribution in [1.29, 1.82) is 0 Å². The standard InChI is InChI=1S/C37H50Cl3F2N5O8.C16H19BrN2O2.C15H26Cl3N3O5.C6H8F2O2/c1-21(2)29(30(48)43-23(4)31(49)47-16-8-9-27(46-47)32(50)53-20-37(38,39)40)54-33(51)36(18-41,19-42)15-14-24-10-11-25-12-13-26(45-28(25)17-24)22(3)44-34(52)55-35(5,6)7;1-10(18-15(20)21-16(2,3)4)13-8-6-11-5-7-12(17)9-14(11)19-13;1-8(2)11(22)12(23)19-9(3)13(24)21-6-4-5-10(20-21)14(25)26-7-15(16,17)18;1-2-6(3-7,4-8)5(9)10/h10-15,17,21-23,27,29-30,43,46,48H,8-9,16,18-20H2,1-7H3,(H,44,52);5-10H,1-4H3,(H,18,20);8-12,19-20,22-23H,4-7H2,1-3H3;2H,1,3-4H2,(H,9,10)/b15-14+;;;/t22-,23+,27+,29+,30?;10-;9-,10-,11-,12?;/m110./s1. The Morgan fingerprint density at radius 2 is 1.01 bits per heavy atom. The quantitative estimate of drug-likeness (QED) is 0.00630. The number of carboxylic acids is 1. The van der Waals surface area contributed by atoms with Crippen LogP contribution in [0.2, 0.25) is 0 Å². The SMILES string of the molecule is C=CC(CF)(CF)C(=O)O.CC(C)[C@H](O)C(O)N[C@@H](C)C(=O)N1CCC[C@@H](C(=O)OCC(Cl)(Cl)Cl)N1.CC(C)[C@H](OC(=O)C(/C=C/c1ccc2ccc([C@@H](C)NC(=O)OC(C)(C)C)nc2c1)(CF)CF)C(O)N[C@@H](C)C(=O)N1CCC[C@@H](C(=O)OCC(Cl)(Cl)Cl)N1.C[C@@H](NC(=O)OC(C)(C)C)c1ccc2ccc(Br)cc2n1. The first-order chi connectivity index (χ1) is 51.9. The van der Waals surface area contributed by atoms with Crippen LogP contribution in [-0.4, -0.2) is 209 Å². The predicted octanol–water partition coefficient (Wildman–Crippen LogP) is 12.5. The molecule has 2 saturated heterocycles. The topological polar surface area (TPSA) is 368 Å². The summed E-state index contributed by atoms with van der Waals surface area (Å²) in [7, 11) is 0. The molecule has 2 aliphatic rings. The highest BCUT2D eigenvalue weighted by atomic mass is 79.9. The third-order valence-electron chi connectivity index (χ3n) is 16.6. The Kier molecular flexibility index (Phi) is 40.4. The molecule has 10 N–H and O–H groups in total. The summed E-state index contributed by atoms with van der Waals surface area (Å²) in [6, 6.07) is 14.3. The van der Waals surface area contributed by atoms with Crippen molar-refractivity contribution in [2.24, 2.45) is 22.7 Å². The van der Waals surface area contributed by atoms with Gasteiger partial charge in [-0.25, -0.2) is 38.0 Å². The Hall–Kier alpha value is -6.24. The molecular formula is C74H103BrCl6F4N10O17. The molecule has 2 aromatic carbocycles. The maximum atomic E-state index is 14.6. The summed E-state index contributed by atoms with van der Waals surface area (Å²) in [5, 5.41) is 54.3. The van der Waals surface area contributed by atoms with Gasteiger partial charge in [-0.1, -0.05) is 162 Å². The number of aromatic nitrogens is 2. The first kappa shape index (κ1) is 100.0. The molecule has 0 aliphatic carbocycles. The molecular weight excluding hydrogens is 1670 g/mol. The zero-order chi connectivity index (χ0) is 85.2. The molecule has 0 saturated carbocycles.